The monoisotopic (exact) mass is 521 g/mol. The summed E-state index contributed by atoms with van der Waals surface area (Å²) in [5.41, 5.74) is 4.61. The van der Waals surface area contributed by atoms with Gasteiger partial charge in [-0.1, -0.05) is 118 Å². The second kappa shape index (κ2) is 15.1. The highest BCUT2D eigenvalue weighted by Gasteiger charge is 2.38. The number of carbonyl (C=O) groups excluding carboxylic acids is 1. The molecular formula is C32H47NO3Si. The van der Waals surface area contributed by atoms with Crippen LogP contribution in [0.1, 0.15) is 69.4 Å². The van der Waals surface area contributed by atoms with E-state index in [1.165, 1.54) is 18.4 Å². The largest absolute Gasteiger partial charge is 0.445 e. The minimum Gasteiger partial charge on any atom is -0.445 e. The molecule has 1 fully saturated rings. The van der Waals surface area contributed by atoms with Crippen molar-refractivity contribution in [2.24, 2.45) is 0 Å². The molecule has 1 saturated heterocycles. The minimum absolute atomic E-state index is 0.137. The van der Waals surface area contributed by atoms with Crippen LogP contribution in [0.3, 0.4) is 0 Å². The number of ether oxygens (including phenoxy) is 2. The summed E-state index contributed by atoms with van der Waals surface area (Å²) in [6, 6.07) is 20.7. The van der Waals surface area contributed by atoms with Gasteiger partial charge in [0.15, 0.2) is 0 Å². The molecule has 4 nitrogen and oxygen atoms in total. The third-order valence-corrected chi connectivity index (χ3v) is 8.29. The molecule has 5 heteroatoms. The first kappa shape index (κ1) is 29.2. The Morgan fingerprint density at radius 3 is 2.19 bits per heavy atom. The van der Waals surface area contributed by atoms with E-state index in [2.05, 4.69) is 67.5 Å². The van der Waals surface area contributed by atoms with Gasteiger partial charge in [-0.05, 0) is 43.2 Å². The maximum Gasteiger partial charge on any atom is 0.410 e. The number of hydrogen-bond donors (Lipinski definition) is 0. The van der Waals surface area contributed by atoms with E-state index in [9.17, 15) is 4.79 Å². The van der Waals surface area contributed by atoms with Gasteiger partial charge in [-0.3, -0.25) is 0 Å². The van der Waals surface area contributed by atoms with Crippen LogP contribution >= 0.6 is 0 Å². The molecule has 202 valence electrons. The lowest BCUT2D eigenvalue weighted by molar-refractivity contribution is 0.00773. The molecule has 0 radical (unpaired) electrons. The number of unbranched alkanes of at least 4 members (excludes halogenated alkanes) is 2. The highest BCUT2D eigenvalue weighted by molar-refractivity contribution is 6.80. The normalized spacial score (nSPS) is 18.9. The Kier molecular flexibility index (Phi) is 11.9. The molecule has 3 atom stereocenters. The number of likely N-dealkylation sites (tertiary alicyclic amines) is 1. The van der Waals surface area contributed by atoms with Gasteiger partial charge in [0, 0.05) is 12.1 Å². The molecule has 1 aliphatic rings. The van der Waals surface area contributed by atoms with Crippen LogP contribution < -0.4 is 0 Å². The Morgan fingerprint density at radius 1 is 0.946 bits per heavy atom. The van der Waals surface area contributed by atoms with E-state index < -0.39 is 8.07 Å². The summed E-state index contributed by atoms with van der Waals surface area (Å²) >= 11 is 0. The van der Waals surface area contributed by atoms with Crippen molar-refractivity contribution >= 4 is 14.2 Å². The summed E-state index contributed by atoms with van der Waals surface area (Å²) in [6.07, 6.45) is 10.6. The fraction of sp³-hybridized carbons (Fsp3) is 0.531. The Bertz CT molecular complexity index is 942. The Hall–Kier alpha value is -2.37. The van der Waals surface area contributed by atoms with Gasteiger partial charge < -0.3 is 14.4 Å². The second-order valence-corrected chi connectivity index (χ2v) is 16.6. The van der Waals surface area contributed by atoms with E-state index in [1.54, 1.807) is 0 Å². The van der Waals surface area contributed by atoms with Crippen LogP contribution in [0.2, 0.25) is 19.6 Å². The van der Waals surface area contributed by atoms with Crippen molar-refractivity contribution in [3.8, 4) is 0 Å². The smallest absolute Gasteiger partial charge is 0.410 e. The molecular weight excluding hydrogens is 474 g/mol. The van der Waals surface area contributed by atoms with E-state index in [0.717, 1.165) is 44.1 Å². The lowest BCUT2D eigenvalue weighted by Gasteiger charge is -2.32. The number of hydrogen-bond acceptors (Lipinski definition) is 3. The maximum absolute atomic E-state index is 13.5. The van der Waals surface area contributed by atoms with Crippen molar-refractivity contribution in [1.29, 1.82) is 0 Å². The fourth-order valence-electron chi connectivity index (χ4n) is 5.08. The third-order valence-electron chi connectivity index (χ3n) is 7.06. The number of rotatable bonds is 14. The minimum atomic E-state index is -1.28. The molecule has 0 saturated carbocycles. The Labute approximate surface area is 226 Å². The topological polar surface area (TPSA) is 38.8 Å². The molecule has 0 unspecified atom stereocenters. The summed E-state index contributed by atoms with van der Waals surface area (Å²) in [7, 11) is -1.28. The van der Waals surface area contributed by atoms with E-state index in [-0.39, 0.29) is 24.3 Å². The summed E-state index contributed by atoms with van der Waals surface area (Å²) in [4.78, 5) is 15.5. The zero-order valence-corrected chi connectivity index (χ0v) is 24.4. The molecule has 0 spiro atoms. The van der Waals surface area contributed by atoms with E-state index in [4.69, 9.17) is 9.47 Å². The maximum atomic E-state index is 13.5. The quantitative estimate of drug-likeness (QED) is 0.185. The molecule has 2 aromatic rings. The summed E-state index contributed by atoms with van der Waals surface area (Å²) in [5.74, 6) is 0. The lowest BCUT2D eigenvalue weighted by Crippen LogP contribution is -2.43. The SMILES string of the molecule is CCCCC[C@@H](C[C@@H]1CC[C@H](C/C=C/[Si](C)(C)C)N1C(=O)OCc1ccccc1)OCc1ccccc1. The first-order chi connectivity index (χ1) is 17.9. The molecule has 37 heavy (non-hydrogen) atoms. The van der Waals surface area contributed by atoms with Crippen molar-refractivity contribution in [3.63, 3.8) is 0 Å². The van der Waals surface area contributed by atoms with Gasteiger partial charge >= 0.3 is 6.09 Å². The van der Waals surface area contributed by atoms with E-state index >= 15 is 0 Å². The highest BCUT2D eigenvalue weighted by Crippen LogP contribution is 2.32. The fourth-order valence-corrected chi connectivity index (χ4v) is 5.92. The predicted molar refractivity (Wildman–Crippen MR) is 156 cm³/mol. The van der Waals surface area contributed by atoms with Crippen molar-refractivity contribution in [3.05, 3.63) is 83.6 Å². The van der Waals surface area contributed by atoms with E-state index in [0.29, 0.717) is 13.2 Å². The number of amides is 1. The van der Waals surface area contributed by atoms with E-state index in [1.807, 2.05) is 36.4 Å². The van der Waals surface area contributed by atoms with Crippen molar-refractivity contribution in [2.45, 2.75) is 109 Å². The van der Waals surface area contributed by atoms with Gasteiger partial charge in [0.25, 0.3) is 0 Å². The van der Waals surface area contributed by atoms with Crippen LogP contribution in [0.4, 0.5) is 4.79 Å². The molecule has 1 heterocycles. The molecule has 3 rings (SSSR count). The van der Waals surface area contributed by atoms with Crippen molar-refractivity contribution < 1.29 is 14.3 Å². The summed E-state index contributed by atoms with van der Waals surface area (Å²) in [5, 5.41) is 0. The summed E-state index contributed by atoms with van der Waals surface area (Å²) < 4.78 is 12.3. The van der Waals surface area contributed by atoms with Gasteiger partial charge in [-0.25, -0.2) is 4.79 Å². The molecule has 0 bridgehead atoms. The summed E-state index contributed by atoms with van der Waals surface area (Å²) in [6.45, 7) is 10.2. The first-order valence-corrected chi connectivity index (χ1v) is 17.8. The second-order valence-electron chi connectivity index (χ2n) is 11.5. The Balaban J connectivity index is 1.70. The van der Waals surface area contributed by atoms with Crippen LogP contribution in [0.15, 0.2) is 72.4 Å². The van der Waals surface area contributed by atoms with Gasteiger partial charge in [0.1, 0.15) is 6.61 Å². The number of nitrogens with zero attached hydrogens (tertiary/aromatic N) is 1. The number of carbonyl (C=O) groups is 1. The predicted octanol–water partition coefficient (Wildman–Crippen LogP) is 8.54. The molecule has 1 aliphatic heterocycles. The molecule has 1 amide bonds. The van der Waals surface area contributed by atoms with Gasteiger partial charge in [-0.2, -0.15) is 0 Å². The molecule has 0 aliphatic carbocycles. The van der Waals surface area contributed by atoms with Crippen LogP contribution in [0.5, 0.6) is 0 Å². The zero-order valence-electron chi connectivity index (χ0n) is 23.4. The van der Waals surface area contributed by atoms with Crippen LogP contribution in [-0.4, -0.2) is 37.3 Å². The Morgan fingerprint density at radius 2 is 1.57 bits per heavy atom. The average Bonchev–Trinajstić information content (AvgIpc) is 3.28. The lowest BCUT2D eigenvalue weighted by atomic mass is 10.0. The highest BCUT2D eigenvalue weighted by atomic mass is 28.3. The molecule has 0 aromatic heterocycles. The van der Waals surface area contributed by atoms with Crippen molar-refractivity contribution in [2.75, 3.05) is 0 Å². The molecule has 0 N–H and O–H groups in total. The zero-order chi connectivity index (χ0) is 26.5. The first-order valence-electron chi connectivity index (χ1n) is 14.2. The average molecular weight is 522 g/mol. The van der Waals surface area contributed by atoms with Crippen molar-refractivity contribution in [1.82, 2.24) is 4.90 Å². The molecule has 2 aromatic carbocycles. The number of benzene rings is 2. The standard InChI is InChI=1S/C32H47NO3Si/c1-5-6-9-20-31(35-25-27-15-10-7-11-16-27)24-30-22-21-29(19-14-23-37(2,3)4)33(30)32(34)36-26-28-17-12-8-13-18-28/h7-8,10-18,23,29-31H,5-6,9,19-22,24-26H2,1-4H3/b23-14+/t29-,30-,31-/m0/s1. The third kappa shape index (κ3) is 10.5. The van der Waals surface area contributed by atoms with Crippen LogP contribution in [-0.2, 0) is 22.7 Å². The van der Waals surface area contributed by atoms with Crippen LogP contribution in [0.25, 0.3) is 0 Å². The van der Waals surface area contributed by atoms with Gasteiger partial charge in [-0.15, -0.1) is 0 Å². The van der Waals surface area contributed by atoms with Crippen LogP contribution in [0, 0.1) is 0 Å². The van der Waals surface area contributed by atoms with Gasteiger partial charge in [0.2, 0.25) is 0 Å². The van der Waals surface area contributed by atoms with Gasteiger partial charge in [0.05, 0.1) is 20.8 Å².